The Labute approximate surface area is 106 Å². The number of halogens is 2. The molecule has 0 saturated heterocycles. The van der Waals surface area contributed by atoms with E-state index in [9.17, 15) is 8.78 Å². The molecule has 18 heavy (non-hydrogen) atoms. The van der Waals surface area contributed by atoms with Gasteiger partial charge in [0.25, 0.3) is 5.88 Å². The highest BCUT2D eigenvalue weighted by molar-refractivity contribution is 5.39. The van der Waals surface area contributed by atoms with Crippen molar-refractivity contribution in [3.63, 3.8) is 0 Å². The van der Waals surface area contributed by atoms with Crippen LogP contribution in [0.25, 0.3) is 0 Å². The summed E-state index contributed by atoms with van der Waals surface area (Å²) in [5.74, 6) is -0.977. The monoisotopic (exact) mass is 256 g/mol. The molecule has 100 valence electrons. The summed E-state index contributed by atoms with van der Waals surface area (Å²) in [6.45, 7) is 2.16. The zero-order chi connectivity index (χ0) is 13.1. The average molecular weight is 256 g/mol. The van der Waals surface area contributed by atoms with Crippen LogP contribution in [0.15, 0.2) is 6.07 Å². The normalized spacial score (nSPS) is 23.8. The van der Waals surface area contributed by atoms with Gasteiger partial charge in [-0.3, -0.25) is 0 Å². The van der Waals surface area contributed by atoms with Crippen LogP contribution >= 0.6 is 0 Å². The Kier molecular flexibility index (Phi) is 3.99. The first-order valence-corrected chi connectivity index (χ1v) is 6.30. The molecule has 1 aromatic rings. The van der Waals surface area contributed by atoms with Crippen molar-refractivity contribution < 1.29 is 13.5 Å². The van der Waals surface area contributed by atoms with Crippen LogP contribution in [0.3, 0.4) is 0 Å². The fourth-order valence-electron chi connectivity index (χ4n) is 2.35. The number of ether oxygens (including phenoxy) is 1. The van der Waals surface area contributed by atoms with Crippen LogP contribution in [-0.4, -0.2) is 18.1 Å². The maximum Gasteiger partial charge on any atom is 0.252 e. The maximum absolute atomic E-state index is 13.6. The van der Waals surface area contributed by atoms with E-state index in [1.54, 1.807) is 0 Å². The Morgan fingerprint density at radius 1 is 1.33 bits per heavy atom. The molecule has 0 amide bonds. The lowest BCUT2D eigenvalue weighted by atomic mass is 9.89. The van der Waals surface area contributed by atoms with E-state index in [0.717, 1.165) is 25.3 Å². The summed E-state index contributed by atoms with van der Waals surface area (Å²) in [5, 5.41) is 2.58. The van der Waals surface area contributed by atoms with Crippen LogP contribution in [-0.2, 0) is 0 Å². The van der Waals surface area contributed by atoms with Crippen molar-refractivity contribution in [1.82, 2.24) is 4.98 Å². The molecule has 1 aromatic heterocycles. The van der Waals surface area contributed by atoms with Gasteiger partial charge in [-0.1, -0.05) is 13.3 Å². The van der Waals surface area contributed by atoms with Gasteiger partial charge in [0.1, 0.15) is 6.10 Å². The Morgan fingerprint density at radius 2 is 2.11 bits per heavy atom. The minimum atomic E-state index is -0.746. The second kappa shape index (κ2) is 5.50. The number of anilines is 1. The minimum Gasteiger partial charge on any atom is -0.472 e. The van der Waals surface area contributed by atoms with Crippen LogP contribution in [0, 0.1) is 17.6 Å². The quantitative estimate of drug-likeness (QED) is 0.900. The second-order valence-corrected chi connectivity index (χ2v) is 4.87. The summed E-state index contributed by atoms with van der Waals surface area (Å²) in [6.07, 6.45) is 4.03. The topological polar surface area (TPSA) is 34.2 Å². The fourth-order valence-corrected chi connectivity index (χ4v) is 2.35. The Hall–Kier alpha value is -1.39. The lowest BCUT2D eigenvalue weighted by Crippen LogP contribution is -2.25. The third-order valence-corrected chi connectivity index (χ3v) is 3.30. The molecule has 5 heteroatoms. The number of nitrogens with zero attached hydrogens (tertiary/aromatic N) is 1. The van der Waals surface area contributed by atoms with Gasteiger partial charge in [0.2, 0.25) is 0 Å². The van der Waals surface area contributed by atoms with Gasteiger partial charge >= 0.3 is 0 Å². The molecule has 1 aliphatic rings. The highest BCUT2D eigenvalue weighted by Crippen LogP contribution is 2.28. The van der Waals surface area contributed by atoms with Gasteiger partial charge in [-0.2, -0.15) is 4.98 Å². The molecule has 0 aliphatic heterocycles. The number of hydrogen-bond donors (Lipinski definition) is 1. The number of aromatic nitrogens is 1. The van der Waals surface area contributed by atoms with E-state index in [1.165, 1.54) is 13.5 Å². The van der Waals surface area contributed by atoms with Crippen LogP contribution < -0.4 is 10.1 Å². The van der Waals surface area contributed by atoms with Crippen molar-refractivity contribution in [1.29, 1.82) is 0 Å². The number of hydrogen-bond acceptors (Lipinski definition) is 3. The van der Waals surface area contributed by atoms with Crippen LogP contribution in [0.4, 0.5) is 14.6 Å². The summed E-state index contributed by atoms with van der Waals surface area (Å²) in [7, 11) is 1.54. The lowest BCUT2D eigenvalue weighted by molar-refractivity contribution is 0.118. The van der Waals surface area contributed by atoms with Crippen molar-refractivity contribution in [2.75, 3.05) is 12.4 Å². The second-order valence-electron chi connectivity index (χ2n) is 4.87. The van der Waals surface area contributed by atoms with Gasteiger partial charge in [0.05, 0.1) is 0 Å². The zero-order valence-corrected chi connectivity index (χ0v) is 10.7. The van der Waals surface area contributed by atoms with E-state index in [2.05, 4.69) is 17.2 Å². The molecule has 2 unspecified atom stereocenters. The summed E-state index contributed by atoms with van der Waals surface area (Å²) in [5.41, 5.74) is 0. The van der Waals surface area contributed by atoms with Crippen molar-refractivity contribution in [3.05, 3.63) is 17.7 Å². The van der Waals surface area contributed by atoms with E-state index >= 15 is 0 Å². The van der Waals surface area contributed by atoms with Crippen molar-refractivity contribution in [3.8, 4) is 5.88 Å². The van der Waals surface area contributed by atoms with Crippen molar-refractivity contribution >= 4 is 5.82 Å². The predicted octanol–water partition coefficient (Wildman–Crippen LogP) is 3.36. The first-order chi connectivity index (χ1) is 8.60. The first kappa shape index (κ1) is 13.1. The fraction of sp³-hybridized carbons (Fsp3) is 0.615. The van der Waals surface area contributed by atoms with Crippen LogP contribution in [0.1, 0.15) is 32.6 Å². The summed E-state index contributed by atoms with van der Waals surface area (Å²) < 4.78 is 32.4. The standard InChI is InChI=1S/C13H18F2N2O/c1-8-4-3-5-9(6-8)18-13-11(15)7-10(14)12(16-2)17-13/h7-9H,3-6H2,1-2H3,(H,16,17). The molecular weight excluding hydrogens is 238 g/mol. The van der Waals surface area contributed by atoms with Crippen molar-refractivity contribution in [2.45, 2.75) is 38.7 Å². The van der Waals surface area contributed by atoms with Crippen molar-refractivity contribution in [2.24, 2.45) is 5.92 Å². The van der Waals surface area contributed by atoms with E-state index in [-0.39, 0.29) is 17.8 Å². The summed E-state index contributed by atoms with van der Waals surface area (Å²) >= 11 is 0. The molecule has 1 saturated carbocycles. The summed E-state index contributed by atoms with van der Waals surface area (Å²) in [6, 6.07) is 0.806. The van der Waals surface area contributed by atoms with Gasteiger partial charge in [0, 0.05) is 13.1 Å². The van der Waals surface area contributed by atoms with Crippen LogP contribution in [0.5, 0.6) is 5.88 Å². The molecule has 2 atom stereocenters. The molecular formula is C13H18F2N2O. The molecule has 1 heterocycles. The molecule has 1 aliphatic carbocycles. The third kappa shape index (κ3) is 2.89. The van der Waals surface area contributed by atoms with E-state index in [0.29, 0.717) is 5.92 Å². The molecule has 0 spiro atoms. The largest absolute Gasteiger partial charge is 0.472 e. The maximum atomic E-state index is 13.6. The zero-order valence-electron chi connectivity index (χ0n) is 10.7. The average Bonchev–Trinajstić information content (AvgIpc) is 2.33. The minimum absolute atomic E-state index is 0.00950. The molecule has 1 fully saturated rings. The molecule has 0 radical (unpaired) electrons. The number of pyridine rings is 1. The van der Waals surface area contributed by atoms with Gasteiger partial charge in [-0.15, -0.1) is 0 Å². The third-order valence-electron chi connectivity index (χ3n) is 3.30. The molecule has 3 nitrogen and oxygen atoms in total. The van der Waals surface area contributed by atoms with Gasteiger partial charge in [-0.05, 0) is 25.2 Å². The SMILES string of the molecule is CNc1nc(OC2CCCC(C)C2)c(F)cc1F. The van der Waals surface area contributed by atoms with Gasteiger partial charge < -0.3 is 10.1 Å². The Bertz CT molecular complexity index is 426. The molecule has 2 rings (SSSR count). The van der Waals surface area contributed by atoms with Gasteiger partial charge in [0.15, 0.2) is 17.5 Å². The Morgan fingerprint density at radius 3 is 2.78 bits per heavy atom. The van der Waals surface area contributed by atoms with E-state index in [4.69, 9.17) is 4.74 Å². The molecule has 0 aromatic carbocycles. The van der Waals surface area contributed by atoms with E-state index in [1.807, 2.05) is 0 Å². The highest BCUT2D eigenvalue weighted by Gasteiger charge is 2.22. The first-order valence-electron chi connectivity index (χ1n) is 6.30. The number of nitrogens with one attached hydrogen (secondary N) is 1. The smallest absolute Gasteiger partial charge is 0.252 e. The van der Waals surface area contributed by atoms with Gasteiger partial charge in [-0.25, -0.2) is 8.78 Å². The lowest BCUT2D eigenvalue weighted by Gasteiger charge is -2.27. The molecule has 0 bridgehead atoms. The van der Waals surface area contributed by atoms with Crippen LogP contribution in [0.2, 0.25) is 0 Å². The van der Waals surface area contributed by atoms with E-state index < -0.39 is 11.6 Å². The molecule has 1 N–H and O–H groups in total. The highest BCUT2D eigenvalue weighted by atomic mass is 19.1. The predicted molar refractivity (Wildman–Crippen MR) is 65.7 cm³/mol. The Balaban J connectivity index is 2.13. The number of rotatable bonds is 3. The summed E-state index contributed by atoms with van der Waals surface area (Å²) in [4.78, 5) is 3.83.